The monoisotopic (exact) mass is 431 g/mol. The van der Waals surface area contributed by atoms with Gasteiger partial charge in [0.25, 0.3) is 5.91 Å². The van der Waals surface area contributed by atoms with E-state index in [2.05, 4.69) is 39.4 Å². The summed E-state index contributed by atoms with van der Waals surface area (Å²) in [7, 11) is 1.79. The number of fused-ring (bicyclic) bond motifs is 3. The molecular formula is C25H29N5O2. The fourth-order valence-corrected chi connectivity index (χ4v) is 5.00. The molecular weight excluding hydrogens is 402 g/mol. The smallest absolute Gasteiger partial charge is 0.310 e. The van der Waals surface area contributed by atoms with Gasteiger partial charge < -0.3 is 4.90 Å². The van der Waals surface area contributed by atoms with Crippen molar-refractivity contribution in [2.45, 2.75) is 31.5 Å². The zero-order valence-corrected chi connectivity index (χ0v) is 18.3. The minimum absolute atomic E-state index is 0.0574. The van der Waals surface area contributed by atoms with E-state index in [0.717, 1.165) is 31.6 Å². The minimum Gasteiger partial charge on any atom is -0.310 e. The number of likely N-dealkylation sites (N-methyl/N-ethyl adjacent to an activating group) is 1. The van der Waals surface area contributed by atoms with Gasteiger partial charge >= 0.3 is 6.03 Å². The van der Waals surface area contributed by atoms with Crippen LogP contribution in [-0.2, 0) is 11.3 Å². The van der Waals surface area contributed by atoms with Crippen LogP contribution in [0.3, 0.4) is 0 Å². The highest BCUT2D eigenvalue weighted by molar-refractivity contribution is 6.00. The lowest BCUT2D eigenvalue weighted by Gasteiger charge is -2.43. The summed E-state index contributed by atoms with van der Waals surface area (Å²) in [6, 6.07) is 19.7. The average molecular weight is 432 g/mol. The Balaban J connectivity index is 1.33. The molecule has 3 atom stereocenters. The van der Waals surface area contributed by atoms with E-state index in [4.69, 9.17) is 0 Å². The lowest BCUT2D eigenvalue weighted by atomic mass is 10.1. The number of carbonyl (C=O) groups excluding carboxylic acids is 2. The molecule has 3 amide bonds. The number of hydrogen-bond acceptors (Lipinski definition) is 5. The van der Waals surface area contributed by atoms with Gasteiger partial charge in [0.05, 0.1) is 0 Å². The highest BCUT2D eigenvalue weighted by Crippen LogP contribution is 2.31. The summed E-state index contributed by atoms with van der Waals surface area (Å²) in [6.07, 6.45) is 4.46. The summed E-state index contributed by atoms with van der Waals surface area (Å²) >= 11 is 0. The van der Waals surface area contributed by atoms with E-state index in [0.29, 0.717) is 0 Å². The number of imide groups is 1. The van der Waals surface area contributed by atoms with Crippen LogP contribution in [-0.4, -0.2) is 76.7 Å². The molecule has 2 aromatic rings. The summed E-state index contributed by atoms with van der Waals surface area (Å²) in [6.45, 7) is 2.87. The predicted octanol–water partition coefficient (Wildman–Crippen LogP) is 2.38. The topological polar surface area (TPSA) is 59.1 Å². The first-order valence-electron chi connectivity index (χ1n) is 11.2. The summed E-state index contributed by atoms with van der Waals surface area (Å²) in [4.78, 5) is 34.1. The van der Waals surface area contributed by atoms with E-state index in [9.17, 15) is 9.59 Å². The normalized spacial score (nSPS) is 26.6. The summed E-state index contributed by atoms with van der Waals surface area (Å²) < 4.78 is 0. The molecule has 32 heavy (non-hydrogen) atoms. The SMILES string of the molecule is CN1C(=O)N(C/C=C/c2ccccc2)C(=O)C2C1NC1N(Cc3ccccc3)CCCN21. The third-order valence-corrected chi connectivity index (χ3v) is 6.59. The Morgan fingerprint density at radius 2 is 1.72 bits per heavy atom. The molecule has 0 aromatic heterocycles. The van der Waals surface area contributed by atoms with Gasteiger partial charge in [0.15, 0.2) is 0 Å². The van der Waals surface area contributed by atoms with Crippen LogP contribution in [0.1, 0.15) is 17.5 Å². The molecule has 3 saturated heterocycles. The van der Waals surface area contributed by atoms with E-state index >= 15 is 0 Å². The molecule has 0 aliphatic carbocycles. The molecule has 3 aliphatic heterocycles. The Hall–Kier alpha value is -3.00. The van der Waals surface area contributed by atoms with Gasteiger partial charge in [-0.3, -0.25) is 24.8 Å². The van der Waals surface area contributed by atoms with Crippen molar-refractivity contribution < 1.29 is 9.59 Å². The number of hydrogen-bond donors (Lipinski definition) is 1. The van der Waals surface area contributed by atoms with E-state index < -0.39 is 0 Å². The zero-order valence-electron chi connectivity index (χ0n) is 18.3. The van der Waals surface area contributed by atoms with Gasteiger partial charge in [0.1, 0.15) is 18.5 Å². The standard InChI is InChI=1S/C25H29N5O2/c1-27-22-21(23(31)30(25(27)32)16-8-14-19-10-4-2-5-11-19)29-17-9-15-28(24(29)26-22)18-20-12-6-3-7-13-20/h2-8,10-14,21-22,24,26H,9,15-18H2,1H3/b14-8+. The predicted molar refractivity (Wildman–Crippen MR) is 123 cm³/mol. The van der Waals surface area contributed by atoms with E-state index in [1.54, 1.807) is 11.9 Å². The molecule has 3 unspecified atom stereocenters. The van der Waals surface area contributed by atoms with Crippen molar-refractivity contribution in [3.63, 3.8) is 0 Å². The molecule has 3 fully saturated rings. The van der Waals surface area contributed by atoms with Crippen molar-refractivity contribution in [1.82, 2.24) is 24.9 Å². The van der Waals surface area contributed by atoms with Crippen molar-refractivity contribution in [2.75, 3.05) is 26.7 Å². The Kier molecular flexibility index (Phi) is 5.78. The first-order chi connectivity index (χ1) is 15.6. The number of rotatable bonds is 5. The molecule has 3 heterocycles. The van der Waals surface area contributed by atoms with E-state index in [1.165, 1.54) is 10.5 Å². The van der Waals surface area contributed by atoms with Crippen LogP contribution in [0.4, 0.5) is 4.79 Å². The second kappa shape index (κ2) is 8.86. The van der Waals surface area contributed by atoms with Gasteiger partial charge in [-0.05, 0) is 17.5 Å². The second-order valence-electron chi connectivity index (χ2n) is 8.63. The van der Waals surface area contributed by atoms with Crippen LogP contribution in [0.15, 0.2) is 66.7 Å². The lowest BCUT2D eigenvalue weighted by Crippen LogP contribution is -2.66. The number of carbonyl (C=O) groups is 2. The molecule has 0 bridgehead atoms. The van der Waals surface area contributed by atoms with Crippen molar-refractivity contribution >= 4 is 18.0 Å². The van der Waals surface area contributed by atoms with Gasteiger partial charge in [-0.15, -0.1) is 0 Å². The van der Waals surface area contributed by atoms with Gasteiger partial charge in [-0.25, -0.2) is 4.79 Å². The van der Waals surface area contributed by atoms with E-state index in [-0.39, 0.29) is 37.0 Å². The maximum Gasteiger partial charge on any atom is 0.328 e. The van der Waals surface area contributed by atoms with Crippen LogP contribution in [0, 0.1) is 0 Å². The van der Waals surface area contributed by atoms with Gasteiger partial charge in [0, 0.05) is 33.2 Å². The molecule has 1 N–H and O–H groups in total. The highest BCUT2D eigenvalue weighted by Gasteiger charge is 2.55. The molecule has 0 saturated carbocycles. The Morgan fingerprint density at radius 1 is 1.00 bits per heavy atom. The van der Waals surface area contributed by atoms with Crippen molar-refractivity contribution in [3.8, 4) is 0 Å². The molecule has 0 radical (unpaired) electrons. The van der Waals surface area contributed by atoms with Crippen molar-refractivity contribution in [1.29, 1.82) is 0 Å². The van der Waals surface area contributed by atoms with Gasteiger partial charge in [-0.1, -0.05) is 72.8 Å². The summed E-state index contributed by atoms with van der Waals surface area (Å²) in [5.41, 5.74) is 2.29. The zero-order chi connectivity index (χ0) is 22.1. The number of nitrogens with one attached hydrogen (secondary N) is 1. The number of nitrogens with zero attached hydrogens (tertiary/aromatic N) is 4. The molecule has 3 aliphatic rings. The molecule has 2 aromatic carbocycles. The number of amides is 3. The average Bonchev–Trinajstić information content (AvgIpc) is 3.22. The van der Waals surface area contributed by atoms with Crippen LogP contribution in [0.25, 0.3) is 6.08 Å². The van der Waals surface area contributed by atoms with E-state index in [1.807, 2.05) is 48.6 Å². The lowest BCUT2D eigenvalue weighted by molar-refractivity contribution is -0.139. The molecule has 166 valence electrons. The minimum atomic E-state index is -0.369. The summed E-state index contributed by atoms with van der Waals surface area (Å²) in [5, 5.41) is 3.57. The highest BCUT2D eigenvalue weighted by atomic mass is 16.2. The van der Waals surface area contributed by atoms with Crippen molar-refractivity contribution in [2.24, 2.45) is 0 Å². The van der Waals surface area contributed by atoms with Gasteiger partial charge in [0.2, 0.25) is 0 Å². The molecule has 5 rings (SSSR count). The van der Waals surface area contributed by atoms with Crippen molar-refractivity contribution in [3.05, 3.63) is 77.9 Å². The van der Waals surface area contributed by atoms with Crippen LogP contribution >= 0.6 is 0 Å². The van der Waals surface area contributed by atoms with Crippen LogP contribution < -0.4 is 5.32 Å². The summed E-state index contributed by atoms with van der Waals surface area (Å²) in [5.74, 6) is -0.118. The fraction of sp³-hybridized carbons (Fsp3) is 0.360. The Bertz CT molecular complexity index is 996. The Morgan fingerprint density at radius 3 is 2.47 bits per heavy atom. The van der Waals surface area contributed by atoms with Crippen LogP contribution in [0.5, 0.6) is 0 Å². The third kappa shape index (κ3) is 3.83. The van der Waals surface area contributed by atoms with Gasteiger partial charge in [-0.2, -0.15) is 0 Å². The number of urea groups is 1. The molecule has 0 spiro atoms. The first kappa shape index (κ1) is 20.9. The maximum absolute atomic E-state index is 13.5. The molecule has 7 heteroatoms. The first-order valence-corrected chi connectivity index (χ1v) is 11.2. The largest absolute Gasteiger partial charge is 0.328 e. The second-order valence-corrected chi connectivity index (χ2v) is 8.63. The maximum atomic E-state index is 13.5. The third-order valence-electron chi connectivity index (χ3n) is 6.59. The van der Waals surface area contributed by atoms with Crippen LogP contribution in [0.2, 0.25) is 0 Å². The quantitative estimate of drug-likeness (QED) is 0.788. The Labute approximate surface area is 188 Å². The fourth-order valence-electron chi connectivity index (χ4n) is 5.00. The number of benzene rings is 2. The molecule has 7 nitrogen and oxygen atoms in total.